The molecule has 1 atom stereocenters. The van der Waals surface area contributed by atoms with E-state index in [0.717, 1.165) is 10.3 Å². The van der Waals surface area contributed by atoms with Gasteiger partial charge in [0.2, 0.25) is 5.95 Å². The third-order valence-corrected chi connectivity index (χ3v) is 5.18. The molecule has 1 aliphatic rings. The van der Waals surface area contributed by atoms with Crippen LogP contribution in [0.25, 0.3) is 0 Å². The number of hydrogen-bond acceptors (Lipinski definition) is 3. The molecule has 102 valence electrons. The number of rotatable bonds is 4. The standard InChI is InChI=1S/C14H18ClN3S/c1-10(12-6-7-13(15)19-12)18-9-8-16-14(18)17-11-4-2-3-5-11/h6-11H,2-5H2,1H3,(H,16,17). The fourth-order valence-corrected chi connectivity index (χ4v) is 3.79. The number of halogens is 1. The topological polar surface area (TPSA) is 29.9 Å². The van der Waals surface area contributed by atoms with Crippen molar-refractivity contribution < 1.29 is 0 Å². The van der Waals surface area contributed by atoms with Gasteiger partial charge in [0.1, 0.15) is 0 Å². The van der Waals surface area contributed by atoms with Crippen LogP contribution in [0.3, 0.4) is 0 Å². The molecule has 0 spiro atoms. The summed E-state index contributed by atoms with van der Waals surface area (Å²) in [6, 6.07) is 4.90. The lowest BCUT2D eigenvalue weighted by molar-refractivity contribution is 0.639. The summed E-state index contributed by atoms with van der Waals surface area (Å²) in [7, 11) is 0. The predicted molar refractivity (Wildman–Crippen MR) is 81.2 cm³/mol. The summed E-state index contributed by atoms with van der Waals surface area (Å²) < 4.78 is 3.03. The molecule has 2 heterocycles. The average molecular weight is 296 g/mol. The van der Waals surface area contributed by atoms with Gasteiger partial charge in [0, 0.05) is 23.3 Å². The Kier molecular flexibility index (Phi) is 3.80. The van der Waals surface area contributed by atoms with Crippen LogP contribution in [0.2, 0.25) is 4.34 Å². The van der Waals surface area contributed by atoms with Crippen LogP contribution in [0.15, 0.2) is 24.5 Å². The molecular weight excluding hydrogens is 278 g/mol. The van der Waals surface area contributed by atoms with E-state index < -0.39 is 0 Å². The summed E-state index contributed by atoms with van der Waals surface area (Å²) in [5, 5.41) is 3.57. The van der Waals surface area contributed by atoms with Gasteiger partial charge in [-0.2, -0.15) is 0 Å². The van der Waals surface area contributed by atoms with Crippen molar-refractivity contribution in [2.75, 3.05) is 5.32 Å². The van der Waals surface area contributed by atoms with E-state index in [1.54, 1.807) is 11.3 Å². The normalized spacial score (nSPS) is 17.8. The monoisotopic (exact) mass is 295 g/mol. The molecule has 0 amide bonds. The predicted octanol–water partition coefficient (Wildman–Crippen LogP) is 4.56. The van der Waals surface area contributed by atoms with Crippen LogP contribution in [0.4, 0.5) is 5.95 Å². The summed E-state index contributed by atoms with van der Waals surface area (Å²) >= 11 is 7.66. The van der Waals surface area contributed by atoms with Crippen molar-refractivity contribution in [1.29, 1.82) is 0 Å². The first-order valence-corrected chi connectivity index (χ1v) is 7.98. The summed E-state index contributed by atoms with van der Waals surface area (Å²) in [5.74, 6) is 0.976. The molecule has 0 radical (unpaired) electrons. The molecule has 19 heavy (non-hydrogen) atoms. The smallest absolute Gasteiger partial charge is 0.203 e. The molecule has 0 aromatic carbocycles. The van der Waals surface area contributed by atoms with E-state index in [0.29, 0.717) is 6.04 Å². The second-order valence-electron chi connectivity index (χ2n) is 5.10. The number of nitrogens with one attached hydrogen (secondary N) is 1. The van der Waals surface area contributed by atoms with Gasteiger partial charge >= 0.3 is 0 Å². The highest BCUT2D eigenvalue weighted by molar-refractivity contribution is 7.16. The van der Waals surface area contributed by atoms with Crippen molar-refractivity contribution in [3.05, 3.63) is 33.7 Å². The second-order valence-corrected chi connectivity index (χ2v) is 6.85. The van der Waals surface area contributed by atoms with Gasteiger partial charge in [-0.3, -0.25) is 0 Å². The zero-order valence-electron chi connectivity index (χ0n) is 11.0. The van der Waals surface area contributed by atoms with Crippen molar-refractivity contribution in [2.24, 2.45) is 0 Å². The van der Waals surface area contributed by atoms with E-state index in [4.69, 9.17) is 11.6 Å². The number of imidazole rings is 1. The summed E-state index contributed by atoms with van der Waals surface area (Å²) in [6.45, 7) is 2.18. The lowest BCUT2D eigenvalue weighted by Crippen LogP contribution is -2.19. The summed E-state index contributed by atoms with van der Waals surface area (Å²) in [4.78, 5) is 5.72. The third kappa shape index (κ3) is 2.79. The van der Waals surface area contributed by atoms with Gasteiger partial charge in [-0.25, -0.2) is 4.98 Å². The molecule has 1 N–H and O–H groups in total. The zero-order valence-corrected chi connectivity index (χ0v) is 12.5. The van der Waals surface area contributed by atoms with E-state index in [1.807, 2.05) is 18.5 Å². The molecule has 1 saturated carbocycles. The van der Waals surface area contributed by atoms with Crippen molar-refractivity contribution in [3.63, 3.8) is 0 Å². The summed E-state index contributed by atoms with van der Waals surface area (Å²) in [6.07, 6.45) is 9.07. The van der Waals surface area contributed by atoms with Crippen LogP contribution < -0.4 is 5.32 Å². The van der Waals surface area contributed by atoms with Crippen LogP contribution in [0, 0.1) is 0 Å². The zero-order chi connectivity index (χ0) is 13.2. The fraction of sp³-hybridized carbons (Fsp3) is 0.500. The van der Waals surface area contributed by atoms with E-state index in [-0.39, 0.29) is 6.04 Å². The van der Waals surface area contributed by atoms with Crippen molar-refractivity contribution in [1.82, 2.24) is 9.55 Å². The molecule has 0 bridgehead atoms. The van der Waals surface area contributed by atoms with Gasteiger partial charge in [0.15, 0.2) is 0 Å². The Balaban J connectivity index is 1.78. The Bertz CT molecular complexity index is 542. The minimum Gasteiger partial charge on any atom is -0.353 e. The van der Waals surface area contributed by atoms with E-state index >= 15 is 0 Å². The number of anilines is 1. The van der Waals surface area contributed by atoms with Crippen LogP contribution in [0.1, 0.15) is 43.5 Å². The summed E-state index contributed by atoms with van der Waals surface area (Å²) in [5.41, 5.74) is 0. The molecule has 5 heteroatoms. The third-order valence-electron chi connectivity index (χ3n) is 3.78. The van der Waals surface area contributed by atoms with Gasteiger partial charge in [-0.05, 0) is 31.9 Å². The van der Waals surface area contributed by atoms with Crippen LogP contribution in [-0.4, -0.2) is 15.6 Å². The Hall–Kier alpha value is -1.00. The maximum Gasteiger partial charge on any atom is 0.203 e. The Morgan fingerprint density at radius 2 is 2.21 bits per heavy atom. The highest BCUT2D eigenvalue weighted by Crippen LogP contribution is 2.31. The molecule has 2 aromatic heterocycles. The van der Waals surface area contributed by atoms with Crippen LogP contribution in [-0.2, 0) is 0 Å². The fourth-order valence-electron chi connectivity index (χ4n) is 2.68. The first kappa shape index (κ1) is 13.0. The molecule has 2 aromatic rings. The first-order valence-electron chi connectivity index (χ1n) is 6.78. The van der Waals surface area contributed by atoms with Gasteiger partial charge in [0.25, 0.3) is 0 Å². The minimum atomic E-state index is 0.268. The van der Waals surface area contributed by atoms with E-state index in [2.05, 4.69) is 27.9 Å². The molecule has 3 rings (SSSR count). The number of aromatic nitrogens is 2. The van der Waals surface area contributed by atoms with Crippen molar-refractivity contribution in [2.45, 2.75) is 44.7 Å². The largest absolute Gasteiger partial charge is 0.353 e. The average Bonchev–Trinajstić information content (AvgIpc) is 3.10. The van der Waals surface area contributed by atoms with Crippen LogP contribution in [0.5, 0.6) is 0 Å². The number of nitrogens with zero attached hydrogens (tertiary/aromatic N) is 2. The molecule has 3 nitrogen and oxygen atoms in total. The number of hydrogen-bond donors (Lipinski definition) is 1. The van der Waals surface area contributed by atoms with Gasteiger partial charge in [-0.15, -0.1) is 11.3 Å². The Morgan fingerprint density at radius 1 is 1.42 bits per heavy atom. The molecule has 0 saturated heterocycles. The van der Waals surface area contributed by atoms with E-state index in [9.17, 15) is 0 Å². The quantitative estimate of drug-likeness (QED) is 0.896. The van der Waals surface area contributed by atoms with Gasteiger partial charge in [0.05, 0.1) is 10.4 Å². The van der Waals surface area contributed by atoms with Crippen LogP contribution >= 0.6 is 22.9 Å². The first-order chi connectivity index (χ1) is 9.24. The highest BCUT2D eigenvalue weighted by Gasteiger charge is 2.19. The molecular formula is C14H18ClN3S. The lowest BCUT2D eigenvalue weighted by atomic mass is 10.2. The molecule has 1 fully saturated rings. The van der Waals surface area contributed by atoms with Crippen molar-refractivity contribution >= 4 is 28.9 Å². The lowest BCUT2D eigenvalue weighted by Gasteiger charge is -2.18. The highest BCUT2D eigenvalue weighted by atomic mass is 35.5. The molecule has 1 aliphatic carbocycles. The Morgan fingerprint density at radius 3 is 2.89 bits per heavy atom. The van der Waals surface area contributed by atoms with Gasteiger partial charge in [-0.1, -0.05) is 24.4 Å². The van der Waals surface area contributed by atoms with Crippen molar-refractivity contribution in [3.8, 4) is 0 Å². The second kappa shape index (κ2) is 5.55. The SMILES string of the molecule is CC(c1ccc(Cl)s1)n1ccnc1NC1CCCC1. The van der Waals surface area contributed by atoms with E-state index in [1.165, 1.54) is 30.6 Å². The Labute approximate surface area is 122 Å². The molecule has 0 aliphatic heterocycles. The molecule has 1 unspecified atom stereocenters. The maximum absolute atomic E-state index is 6.02. The minimum absolute atomic E-state index is 0.268. The number of thiophene rings is 1. The van der Waals surface area contributed by atoms with Gasteiger partial charge < -0.3 is 9.88 Å². The maximum atomic E-state index is 6.02.